The van der Waals surface area contributed by atoms with Crippen LogP contribution in [0.4, 0.5) is 5.69 Å². The van der Waals surface area contributed by atoms with Crippen LogP contribution >= 0.6 is 0 Å². The Bertz CT molecular complexity index is 1460. The molecule has 0 spiro atoms. The number of nitrogens with zero attached hydrogens (tertiary/aromatic N) is 4. The molecule has 0 unspecified atom stereocenters. The lowest BCUT2D eigenvalue weighted by Gasteiger charge is -2.34. The van der Waals surface area contributed by atoms with Gasteiger partial charge in [-0.3, -0.25) is 14.5 Å². The van der Waals surface area contributed by atoms with E-state index in [9.17, 15) is 9.59 Å². The van der Waals surface area contributed by atoms with E-state index < -0.39 is 11.6 Å². The number of hydrogen-bond acceptors (Lipinski definition) is 6. The maximum Gasteiger partial charge on any atom is 0.249 e. The van der Waals surface area contributed by atoms with Crippen molar-refractivity contribution >= 4 is 28.5 Å². The van der Waals surface area contributed by atoms with Crippen LogP contribution in [0.15, 0.2) is 66.7 Å². The monoisotopic (exact) mass is 515 g/mol. The molecule has 0 bridgehead atoms. The summed E-state index contributed by atoms with van der Waals surface area (Å²) in [5.74, 6) is 0.130. The number of ether oxygens (including phenoxy) is 2. The van der Waals surface area contributed by atoms with Gasteiger partial charge in [0, 0.05) is 16.8 Å². The summed E-state index contributed by atoms with van der Waals surface area (Å²) in [5, 5.41) is 11.4. The van der Waals surface area contributed by atoms with Crippen molar-refractivity contribution in [1.29, 1.82) is 0 Å². The Kier molecular flexibility index (Phi) is 7.66. The molecule has 9 heteroatoms. The first-order valence-electron chi connectivity index (χ1n) is 12.3. The largest absolute Gasteiger partial charge is 0.493 e. The van der Waals surface area contributed by atoms with Crippen molar-refractivity contribution < 1.29 is 19.1 Å². The van der Waals surface area contributed by atoms with E-state index in [1.807, 2.05) is 76.2 Å². The lowest BCUT2D eigenvalue weighted by atomic mass is 9.99. The molecule has 2 amide bonds. The second-order valence-electron chi connectivity index (χ2n) is 10.1. The maximum atomic E-state index is 14.2. The highest BCUT2D eigenvalue weighted by atomic mass is 16.5. The zero-order valence-corrected chi connectivity index (χ0v) is 22.6. The first kappa shape index (κ1) is 26.7. The highest BCUT2D eigenvalue weighted by Crippen LogP contribution is 2.39. The molecular formula is C29H33N5O4. The summed E-state index contributed by atoms with van der Waals surface area (Å²) >= 11 is 0. The van der Waals surface area contributed by atoms with Crippen molar-refractivity contribution in [2.45, 2.75) is 45.8 Å². The average molecular weight is 516 g/mol. The SMILES string of the molecule is COc1cccc([C@H](C(=O)NC(C)(C)C)N(C(=O)Cn2nnc3ccccc32)c2cccc(C)c2)c1OC. The van der Waals surface area contributed by atoms with Crippen molar-refractivity contribution in [1.82, 2.24) is 20.3 Å². The quantitative estimate of drug-likeness (QED) is 0.372. The van der Waals surface area contributed by atoms with Crippen LogP contribution in [0.25, 0.3) is 11.0 Å². The molecule has 38 heavy (non-hydrogen) atoms. The molecule has 0 radical (unpaired) electrons. The lowest BCUT2D eigenvalue weighted by molar-refractivity contribution is -0.128. The molecule has 0 aliphatic heterocycles. The molecular weight excluding hydrogens is 482 g/mol. The van der Waals surface area contributed by atoms with E-state index in [1.165, 1.54) is 19.1 Å². The van der Waals surface area contributed by atoms with Gasteiger partial charge in [0.1, 0.15) is 18.1 Å². The average Bonchev–Trinajstić information content (AvgIpc) is 3.28. The van der Waals surface area contributed by atoms with Gasteiger partial charge in [0.05, 0.1) is 19.7 Å². The molecule has 0 saturated carbocycles. The van der Waals surface area contributed by atoms with Gasteiger partial charge in [-0.15, -0.1) is 5.10 Å². The van der Waals surface area contributed by atoms with Gasteiger partial charge in [-0.2, -0.15) is 0 Å². The minimum absolute atomic E-state index is 0.125. The summed E-state index contributed by atoms with van der Waals surface area (Å²) in [6.45, 7) is 7.49. The van der Waals surface area contributed by atoms with E-state index in [0.717, 1.165) is 11.1 Å². The molecule has 1 atom stereocenters. The predicted molar refractivity (Wildman–Crippen MR) is 146 cm³/mol. The van der Waals surface area contributed by atoms with E-state index in [2.05, 4.69) is 15.6 Å². The number of carbonyl (C=O) groups is 2. The topological polar surface area (TPSA) is 98.6 Å². The zero-order valence-electron chi connectivity index (χ0n) is 22.6. The molecule has 1 heterocycles. The Balaban J connectivity index is 1.90. The third kappa shape index (κ3) is 5.61. The van der Waals surface area contributed by atoms with Crippen LogP contribution in [0.5, 0.6) is 11.5 Å². The van der Waals surface area contributed by atoms with E-state index in [4.69, 9.17) is 9.47 Å². The zero-order chi connectivity index (χ0) is 27.4. The summed E-state index contributed by atoms with van der Waals surface area (Å²) in [7, 11) is 3.05. The highest BCUT2D eigenvalue weighted by Gasteiger charge is 2.37. The number of hydrogen-bond donors (Lipinski definition) is 1. The summed E-state index contributed by atoms with van der Waals surface area (Å²) in [4.78, 5) is 29.7. The lowest BCUT2D eigenvalue weighted by Crippen LogP contribution is -2.50. The number of para-hydroxylation sites is 2. The number of aromatic nitrogens is 3. The Hall–Kier alpha value is -4.40. The van der Waals surface area contributed by atoms with Gasteiger partial charge < -0.3 is 14.8 Å². The number of amides is 2. The number of aryl methyl sites for hydroxylation is 1. The van der Waals surface area contributed by atoms with E-state index in [-0.39, 0.29) is 18.4 Å². The Morgan fingerprint density at radius 1 is 1.00 bits per heavy atom. The van der Waals surface area contributed by atoms with E-state index in [0.29, 0.717) is 28.3 Å². The van der Waals surface area contributed by atoms with Gasteiger partial charge in [-0.25, -0.2) is 4.68 Å². The highest BCUT2D eigenvalue weighted by molar-refractivity contribution is 6.02. The first-order chi connectivity index (χ1) is 18.1. The van der Waals surface area contributed by atoms with Gasteiger partial charge in [-0.1, -0.05) is 41.6 Å². The maximum absolute atomic E-state index is 14.2. The van der Waals surface area contributed by atoms with Crippen LogP contribution in [0.2, 0.25) is 0 Å². The van der Waals surface area contributed by atoms with Crippen LogP contribution in [0.3, 0.4) is 0 Å². The standard InChI is InChI=1S/C29H33N5O4/c1-19-11-9-12-20(17-19)34(25(35)18-33-23-15-8-7-14-22(23)31-32-33)26(28(36)30-29(2,3)4)21-13-10-16-24(37-5)27(21)38-6/h7-17,26H,18H2,1-6H3,(H,30,36)/t26-/m1/s1. The minimum Gasteiger partial charge on any atom is -0.493 e. The van der Waals surface area contributed by atoms with Gasteiger partial charge in [0.15, 0.2) is 11.5 Å². The van der Waals surface area contributed by atoms with Gasteiger partial charge >= 0.3 is 0 Å². The molecule has 198 valence electrons. The predicted octanol–water partition coefficient (Wildman–Crippen LogP) is 4.45. The molecule has 0 fully saturated rings. The number of fused-ring (bicyclic) bond motifs is 1. The third-order valence-electron chi connectivity index (χ3n) is 5.99. The third-order valence-corrected chi connectivity index (χ3v) is 5.99. The fourth-order valence-corrected chi connectivity index (χ4v) is 4.42. The van der Waals surface area contributed by atoms with Crippen LogP contribution in [-0.2, 0) is 16.1 Å². The fraction of sp³-hybridized carbons (Fsp3) is 0.310. The Morgan fingerprint density at radius 2 is 1.74 bits per heavy atom. The first-order valence-corrected chi connectivity index (χ1v) is 12.3. The molecule has 1 N–H and O–H groups in total. The van der Waals surface area contributed by atoms with Crippen LogP contribution in [0.1, 0.15) is 37.9 Å². The van der Waals surface area contributed by atoms with Crippen LogP contribution in [0, 0.1) is 6.92 Å². The van der Waals surface area contributed by atoms with Crippen molar-refractivity contribution in [3.05, 3.63) is 77.9 Å². The number of nitrogens with one attached hydrogen (secondary N) is 1. The number of rotatable bonds is 8. The Labute approximate surface area is 222 Å². The summed E-state index contributed by atoms with van der Waals surface area (Å²) in [6, 6.07) is 19.1. The summed E-state index contributed by atoms with van der Waals surface area (Å²) in [6.07, 6.45) is 0. The fourth-order valence-electron chi connectivity index (χ4n) is 4.42. The smallest absolute Gasteiger partial charge is 0.249 e. The second-order valence-corrected chi connectivity index (χ2v) is 10.1. The molecule has 0 aliphatic rings. The molecule has 4 aromatic rings. The molecule has 0 saturated heterocycles. The normalized spacial score (nSPS) is 12.2. The van der Waals surface area contributed by atoms with Crippen LogP contribution < -0.4 is 19.7 Å². The number of benzene rings is 3. The van der Waals surface area contributed by atoms with Gasteiger partial charge in [0.2, 0.25) is 11.8 Å². The van der Waals surface area contributed by atoms with Gasteiger partial charge in [0.25, 0.3) is 0 Å². The van der Waals surface area contributed by atoms with Crippen molar-refractivity contribution in [3.63, 3.8) is 0 Å². The second kappa shape index (κ2) is 10.9. The number of carbonyl (C=O) groups excluding carboxylic acids is 2. The van der Waals surface area contributed by atoms with E-state index >= 15 is 0 Å². The van der Waals surface area contributed by atoms with Crippen molar-refractivity contribution in [2.24, 2.45) is 0 Å². The van der Waals surface area contributed by atoms with E-state index in [1.54, 1.807) is 22.9 Å². The Morgan fingerprint density at radius 3 is 2.42 bits per heavy atom. The summed E-state index contributed by atoms with van der Waals surface area (Å²) < 4.78 is 12.8. The minimum atomic E-state index is -1.07. The van der Waals surface area contributed by atoms with Crippen molar-refractivity contribution in [3.8, 4) is 11.5 Å². The summed E-state index contributed by atoms with van der Waals surface area (Å²) in [5.41, 5.74) is 2.85. The van der Waals surface area contributed by atoms with Crippen molar-refractivity contribution in [2.75, 3.05) is 19.1 Å². The molecule has 1 aromatic heterocycles. The van der Waals surface area contributed by atoms with Gasteiger partial charge in [-0.05, 0) is 63.6 Å². The van der Waals surface area contributed by atoms with Crippen LogP contribution in [-0.4, -0.2) is 46.6 Å². The molecule has 3 aromatic carbocycles. The number of methoxy groups -OCH3 is 2. The molecule has 4 rings (SSSR count). The molecule has 9 nitrogen and oxygen atoms in total. The molecule has 0 aliphatic carbocycles. The number of anilines is 1.